The Morgan fingerprint density at radius 3 is 2.42 bits per heavy atom. The molecule has 0 spiro atoms. The van der Waals surface area contributed by atoms with Crippen molar-refractivity contribution in [2.24, 2.45) is 0 Å². The smallest absolute Gasteiger partial charge is 0.153 e. The van der Waals surface area contributed by atoms with Crippen LogP contribution in [0.2, 0.25) is 0 Å². The minimum Gasteiger partial charge on any atom is -0.381 e. The number of alkyl halides is 1. The Morgan fingerprint density at radius 1 is 1.42 bits per heavy atom. The van der Waals surface area contributed by atoms with E-state index in [1.165, 1.54) is 0 Å². The average Bonchev–Trinajstić information content (AvgIpc) is 2.17. The molecule has 0 aliphatic rings. The molecule has 0 fully saturated rings. The monoisotopic (exact) mass is 228 g/mol. The zero-order valence-electron chi connectivity index (χ0n) is 6.40. The van der Waals surface area contributed by atoms with Gasteiger partial charge in [0.2, 0.25) is 0 Å². The third-order valence-electron chi connectivity index (χ3n) is 1.60. The Balaban J connectivity index is 2.84. The predicted molar refractivity (Wildman–Crippen MR) is 50.1 cm³/mol. The van der Waals surface area contributed by atoms with Crippen LogP contribution in [-0.2, 0) is 10.1 Å². The zero-order valence-corrected chi connectivity index (χ0v) is 7.99. The van der Waals surface area contributed by atoms with Gasteiger partial charge in [0.05, 0.1) is 0 Å². The molecule has 12 heavy (non-hydrogen) atoms. The van der Waals surface area contributed by atoms with E-state index in [4.69, 9.17) is 5.11 Å². The lowest BCUT2D eigenvalue weighted by Gasteiger charge is -2.03. The molecule has 1 unspecified atom stereocenters. The Bertz CT molecular complexity index is 256. The molecule has 1 rings (SSSR count). The second-order valence-electron chi connectivity index (χ2n) is 2.46. The lowest BCUT2D eigenvalue weighted by molar-refractivity contribution is -0.115. The Morgan fingerprint density at radius 2 is 2.00 bits per heavy atom. The molecule has 1 aromatic rings. The van der Waals surface area contributed by atoms with Crippen molar-refractivity contribution in [3.8, 4) is 0 Å². The zero-order chi connectivity index (χ0) is 8.97. The minimum absolute atomic E-state index is 0.517. The molecule has 2 nitrogen and oxygen atoms in total. The van der Waals surface area contributed by atoms with Crippen LogP contribution in [0.5, 0.6) is 0 Å². The number of aliphatic hydroxyl groups excluding tert-OH is 1. The highest BCUT2D eigenvalue weighted by atomic mass is 79.9. The van der Waals surface area contributed by atoms with Crippen LogP contribution in [-0.4, -0.2) is 11.4 Å². The van der Waals surface area contributed by atoms with Gasteiger partial charge in [0, 0.05) is 5.33 Å². The number of benzene rings is 1. The van der Waals surface area contributed by atoms with Crippen molar-refractivity contribution in [3.63, 3.8) is 0 Å². The van der Waals surface area contributed by atoms with E-state index >= 15 is 0 Å². The van der Waals surface area contributed by atoms with Gasteiger partial charge in [-0.1, -0.05) is 40.2 Å². The summed E-state index contributed by atoms with van der Waals surface area (Å²) in [6, 6.07) is 7.24. The van der Waals surface area contributed by atoms with Gasteiger partial charge in [0.1, 0.15) is 6.10 Å². The SMILES string of the molecule is O=CC(O)c1ccc(CBr)cc1. The fraction of sp³-hybridized carbons (Fsp3) is 0.222. The van der Waals surface area contributed by atoms with Crippen LogP contribution in [0.3, 0.4) is 0 Å². The fourth-order valence-corrected chi connectivity index (χ4v) is 1.26. The molecule has 64 valence electrons. The third kappa shape index (κ3) is 2.16. The van der Waals surface area contributed by atoms with E-state index in [0.29, 0.717) is 11.8 Å². The van der Waals surface area contributed by atoms with E-state index in [2.05, 4.69) is 15.9 Å². The van der Waals surface area contributed by atoms with Gasteiger partial charge in [-0.2, -0.15) is 0 Å². The summed E-state index contributed by atoms with van der Waals surface area (Å²) in [7, 11) is 0. The summed E-state index contributed by atoms with van der Waals surface area (Å²) in [5.41, 5.74) is 1.76. The Kier molecular flexibility index (Phi) is 3.44. The molecule has 0 amide bonds. The second-order valence-corrected chi connectivity index (χ2v) is 3.02. The van der Waals surface area contributed by atoms with Crippen LogP contribution in [0.25, 0.3) is 0 Å². The maximum atomic E-state index is 10.2. The highest BCUT2D eigenvalue weighted by Gasteiger charge is 2.03. The van der Waals surface area contributed by atoms with Crippen molar-refractivity contribution in [3.05, 3.63) is 35.4 Å². The molecule has 0 aliphatic heterocycles. The Hall–Kier alpha value is -0.670. The molecule has 0 saturated carbocycles. The van der Waals surface area contributed by atoms with E-state index in [1.54, 1.807) is 12.1 Å². The predicted octanol–water partition coefficient (Wildman–Crippen LogP) is 1.81. The number of hydrogen-bond acceptors (Lipinski definition) is 2. The molecule has 0 aromatic heterocycles. The highest BCUT2D eigenvalue weighted by molar-refractivity contribution is 9.08. The molecule has 0 bridgehead atoms. The van der Waals surface area contributed by atoms with E-state index < -0.39 is 6.10 Å². The average molecular weight is 229 g/mol. The molecule has 1 atom stereocenters. The number of carbonyl (C=O) groups is 1. The molecular weight excluding hydrogens is 220 g/mol. The molecule has 0 saturated heterocycles. The summed E-state index contributed by atoms with van der Waals surface area (Å²) in [5.74, 6) is 0. The van der Waals surface area contributed by atoms with Crippen molar-refractivity contribution in [2.75, 3.05) is 0 Å². The highest BCUT2D eigenvalue weighted by Crippen LogP contribution is 2.13. The van der Waals surface area contributed by atoms with E-state index in [9.17, 15) is 4.79 Å². The standard InChI is InChI=1S/C9H9BrO2/c10-5-7-1-3-8(4-2-7)9(12)6-11/h1-4,6,9,12H,5H2. The minimum atomic E-state index is -0.991. The first-order chi connectivity index (χ1) is 5.77. The summed E-state index contributed by atoms with van der Waals surface area (Å²) in [6.07, 6.45) is -0.474. The van der Waals surface area contributed by atoms with Crippen LogP contribution in [0.15, 0.2) is 24.3 Å². The lowest BCUT2D eigenvalue weighted by atomic mass is 10.1. The van der Waals surface area contributed by atoms with Crippen molar-refractivity contribution in [1.82, 2.24) is 0 Å². The van der Waals surface area contributed by atoms with Crippen LogP contribution < -0.4 is 0 Å². The molecule has 0 heterocycles. The number of aliphatic hydroxyl groups is 1. The summed E-state index contributed by atoms with van der Waals surface area (Å²) in [4.78, 5) is 10.2. The van der Waals surface area contributed by atoms with Crippen LogP contribution in [0.1, 0.15) is 17.2 Å². The molecule has 1 N–H and O–H groups in total. The van der Waals surface area contributed by atoms with Gasteiger partial charge < -0.3 is 9.90 Å². The summed E-state index contributed by atoms with van der Waals surface area (Å²) >= 11 is 3.30. The molecule has 1 aromatic carbocycles. The largest absolute Gasteiger partial charge is 0.381 e. The van der Waals surface area contributed by atoms with Crippen molar-refractivity contribution in [2.45, 2.75) is 11.4 Å². The van der Waals surface area contributed by atoms with Gasteiger partial charge in [-0.05, 0) is 11.1 Å². The van der Waals surface area contributed by atoms with E-state index in [-0.39, 0.29) is 0 Å². The van der Waals surface area contributed by atoms with Crippen molar-refractivity contribution < 1.29 is 9.90 Å². The van der Waals surface area contributed by atoms with Gasteiger partial charge in [0.15, 0.2) is 6.29 Å². The first kappa shape index (κ1) is 9.42. The fourth-order valence-electron chi connectivity index (χ4n) is 0.882. The summed E-state index contributed by atoms with van der Waals surface area (Å²) < 4.78 is 0. The normalized spacial score (nSPS) is 12.5. The number of halogens is 1. The third-order valence-corrected chi connectivity index (χ3v) is 2.25. The van der Waals surface area contributed by atoms with Gasteiger partial charge in [-0.25, -0.2) is 0 Å². The lowest BCUT2D eigenvalue weighted by Crippen LogP contribution is -1.97. The topological polar surface area (TPSA) is 37.3 Å². The van der Waals surface area contributed by atoms with Gasteiger partial charge >= 0.3 is 0 Å². The van der Waals surface area contributed by atoms with E-state index in [1.807, 2.05) is 12.1 Å². The first-order valence-electron chi connectivity index (χ1n) is 3.56. The number of rotatable bonds is 3. The summed E-state index contributed by atoms with van der Waals surface area (Å²) in [5, 5.41) is 9.90. The number of carbonyl (C=O) groups excluding carboxylic acids is 1. The van der Waals surface area contributed by atoms with Crippen LogP contribution in [0, 0.1) is 0 Å². The van der Waals surface area contributed by atoms with Gasteiger partial charge in [-0.15, -0.1) is 0 Å². The Labute approximate surface area is 79.3 Å². The number of aldehydes is 1. The van der Waals surface area contributed by atoms with Gasteiger partial charge in [0.25, 0.3) is 0 Å². The van der Waals surface area contributed by atoms with Gasteiger partial charge in [-0.3, -0.25) is 0 Å². The first-order valence-corrected chi connectivity index (χ1v) is 4.68. The maximum absolute atomic E-state index is 10.2. The second kappa shape index (κ2) is 4.38. The molecular formula is C9H9BrO2. The number of hydrogen-bond donors (Lipinski definition) is 1. The molecule has 0 radical (unpaired) electrons. The van der Waals surface area contributed by atoms with Crippen molar-refractivity contribution in [1.29, 1.82) is 0 Å². The maximum Gasteiger partial charge on any atom is 0.153 e. The van der Waals surface area contributed by atoms with Crippen LogP contribution >= 0.6 is 15.9 Å². The van der Waals surface area contributed by atoms with E-state index in [0.717, 1.165) is 10.9 Å². The summed E-state index contributed by atoms with van der Waals surface area (Å²) in [6.45, 7) is 0. The molecule has 3 heteroatoms. The quantitative estimate of drug-likeness (QED) is 0.634. The molecule has 0 aliphatic carbocycles. The van der Waals surface area contributed by atoms with Crippen LogP contribution in [0.4, 0.5) is 0 Å². The van der Waals surface area contributed by atoms with Crippen molar-refractivity contribution >= 4 is 22.2 Å².